The van der Waals surface area contributed by atoms with E-state index < -0.39 is 17.8 Å². The predicted molar refractivity (Wildman–Crippen MR) is 117 cm³/mol. The Morgan fingerprint density at radius 1 is 1.06 bits per heavy atom. The molecule has 1 amide bonds. The number of halogens is 3. The topological polar surface area (TPSA) is 32.8 Å². The minimum Gasteiger partial charge on any atom is -0.410 e. The molecule has 0 N–H and O–H groups in total. The molecule has 0 radical (unpaired) electrons. The van der Waals surface area contributed by atoms with Crippen molar-refractivity contribution in [2.45, 2.75) is 51.1 Å². The van der Waals surface area contributed by atoms with Crippen LogP contribution in [0.4, 0.5) is 18.0 Å². The number of amides is 1. The number of ether oxygens (including phenoxy) is 1. The number of alkyl halides is 3. The minimum atomic E-state index is -4.40. The maximum atomic E-state index is 12.6. The fraction of sp³-hybridized carbons (Fsp3) is 0.625. The SMILES string of the molecule is C=CCN(C)CCC[C@H]1CC[C@H](CCN(C)C(=O)Oc2ccc(C(F)(F)F)cc2)CC1. The first-order chi connectivity index (χ1) is 14.7. The van der Waals surface area contributed by atoms with E-state index in [4.69, 9.17) is 4.74 Å². The molecule has 0 atom stereocenters. The fourth-order valence-corrected chi connectivity index (χ4v) is 4.13. The Bertz CT molecular complexity index is 683. The first-order valence-corrected chi connectivity index (χ1v) is 11.1. The summed E-state index contributed by atoms with van der Waals surface area (Å²) in [5, 5.41) is 0. The fourth-order valence-electron chi connectivity index (χ4n) is 4.13. The Kier molecular flexibility index (Phi) is 9.88. The van der Waals surface area contributed by atoms with E-state index in [-0.39, 0.29) is 5.75 Å². The van der Waals surface area contributed by atoms with Crippen LogP contribution in [0.25, 0.3) is 0 Å². The van der Waals surface area contributed by atoms with Gasteiger partial charge in [-0.3, -0.25) is 0 Å². The summed E-state index contributed by atoms with van der Waals surface area (Å²) in [6, 6.07) is 4.17. The molecule has 0 bridgehead atoms. The number of hydrogen-bond donors (Lipinski definition) is 0. The predicted octanol–water partition coefficient (Wildman–Crippen LogP) is 6.23. The molecular weight excluding hydrogens is 405 g/mol. The Labute approximate surface area is 184 Å². The third-order valence-electron chi connectivity index (χ3n) is 6.13. The van der Waals surface area contributed by atoms with Crippen molar-refractivity contribution in [2.24, 2.45) is 11.8 Å². The number of carbonyl (C=O) groups is 1. The lowest BCUT2D eigenvalue weighted by molar-refractivity contribution is -0.137. The highest BCUT2D eigenvalue weighted by Crippen LogP contribution is 2.33. The van der Waals surface area contributed by atoms with Crippen LogP contribution >= 0.6 is 0 Å². The van der Waals surface area contributed by atoms with E-state index in [1.807, 2.05) is 6.08 Å². The number of benzene rings is 1. The minimum absolute atomic E-state index is 0.115. The van der Waals surface area contributed by atoms with Crippen molar-refractivity contribution in [3.05, 3.63) is 42.5 Å². The summed E-state index contributed by atoms with van der Waals surface area (Å²) in [5.41, 5.74) is -0.764. The van der Waals surface area contributed by atoms with E-state index in [2.05, 4.69) is 18.5 Å². The molecule has 0 unspecified atom stereocenters. The zero-order chi connectivity index (χ0) is 22.9. The van der Waals surface area contributed by atoms with E-state index >= 15 is 0 Å². The third-order valence-corrected chi connectivity index (χ3v) is 6.13. The number of hydrogen-bond acceptors (Lipinski definition) is 3. The molecule has 2 rings (SSSR count). The second-order valence-electron chi connectivity index (χ2n) is 8.68. The van der Waals surface area contributed by atoms with Gasteiger partial charge in [-0.2, -0.15) is 13.2 Å². The molecule has 1 aliphatic rings. The van der Waals surface area contributed by atoms with Crippen molar-refractivity contribution in [3.63, 3.8) is 0 Å². The average Bonchev–Trinajstić information content (AvgIpc) is 2.73. The normalized spacial score (nSPS) is 19.3. The summed E-state index contributed by atoms with van der Waals surface area (Å²) in [7, 11) is 3.79. The van der Waals surface area contributed by atoms with E-state index in [1.54, 1.807) is 7.05 Å². The Morgan fingerprint density at radius 3 is 2.19 bits per heavy atom. The lowest BCUT2D eigenvalue weighted by Crippen LogP contribution is -2.32. The lowest BCUT2D eigenvalue weighted by atomic mass is 9.78. The monoisotopic (exact) mass is 440 g/mol. The van der Waals surface area contributed by atoms with Gasteiger partial charge in [0, 0.05) is 20.1 Å². The Morgan fingerprint density at radius 2 is 1.65 bits per heavy atom. The zero-order valence-corrected chi connectivity index (χ0v) is 18.7. The molecule has 7 heteroatoms. The van der Waals surface area contributed by atoms with Crippen LogP contribution in [0.15, 0.2) is 36.9 Å². The molecule has 0 heterocycles. The van der Waals surface area contributed by atoms with Crippen molar-refractivity contribution in [1.29, 1.82) is 0 Å². The van der Waals surface area contributed by atoms with E-state index in [0.717, 1.165) is 37.6 Å². The summed E-state index contributed by atoms with van der Waals surface area (Å²) in [6.07, 6.45) is 5.27. The van der Waals surface area contributed by atoms with Crippen molar-refractivity contribution >= 4 is 6.09 Å². The zero-order valence-electron chi connectivity index (χ0n) is 18.7. The molecular formula is C24H35F3N2O2. The van der Waals surface area contributed by atoms with Crippen LogP contribution in [-0.4, -0.2) is 49.6 Å². The van der Waals surface area contributed by atoms with Crippen molar-refractivity contribution in [3.8, 4) is 5.75 Å². The van der Waals surface area contributed by atoms with Crippen molar-refractivity contribution < 1.29 is 22.7 Å². The lowest BCUT2D eigenvalue weighted by Gasteiger charge is -2.30. The first kappa shape index (κ1) is 25.2. The van der Waals surface area contributed by atoms with Gasteiger partial charge in [-0.1, -0.05) is 31.8 Å². The molecule has 174 valence electrons. The quantitative estimate of drug-likeness (QED) is 0.404. The maximum Gasteiger partial charge on any atom is 0.416 e. The third kappa shape index (κ3) is 8.93. The van der Waals surface area contributed by atoms with Gasteiger partial charge in [0.15, 0.2) is 0 Å². The van der Waals surface area contributed by atoms with Crippen molar-refractivity contribution in [1.82, 2.24) is 9.80 Å². The van der Waals surface area contributed by atoms with Gasteiger partial charge in [-0.05, 0) is 69.0 Å². The Balaban J connectivity index is 1.64. The largest absolute Gasteiger partial charge is 0.416 e. The summed E-state index contributed by atoms with van der Waals surface area (Å²) in [5.74, 6) is 1.53. The molecule has 0 saturated heterocycles. The first-order valence-electron chi connectivity index (χ1n) is 11.1. The number of likely N-dealkylation sites (N-methyl/N-ethyl adjacent to an activating group) is 1. The van der Waals surface area contributed by atoms with Crippen LogP contribution in [0.1, 0.15) is 50.5 Å². The molecule has 1 aromatic rings. The van der Waals surface area contributed by atoms with Gasteiger partial charge in [0.2, 0.25) is 0 Å². The van der Waals surface area contributed by atoms with Crippen molar-refractivity contribution in [2.75, 3.05) is 33.7 Å². The van der Waals surface area contributed by atoms with Crippen LogP contribution in [0.2, 0.25) is 0 Å². The molecule has 1 saturated carbocycles. The maximum absolute atomic E-state index is 12.6. The van der Waals surface area contributed by atoms with Crippen LogP contribution in [-0.2, 0) is 6.18 Å². The summed E-state index contributed by atoms with van der Waals surface area (Å²) < 4.78 is 43.0. The van der Waals surface area contributed by atoms with Crippen LogP contribution < -0.4 is 4.74 Å². The molecule has 1 aromatic carbocycles. The average molecular weight is 441 g/mol. The summed E-state index contributed by atoms with van der Waals surface area (Å²) in [4.78, 5) is 16.0. The van der Waals surface area contributed by atoms with Gasteiger partial charge < -0.3 is 14.5 Å². The Hall–Kier alpha value is -2.02. The molecule has 4 nitrogen and oxygen atoms in total. The standard InChI is InChI=1S/C24H35F3N2O2/c1-4-16-28(2)17-5-6-19-7-9-20(10-8-19)15-18-29(3)23(30)31-22-13-11-21(12-14-22)24(25,26)27/h4,11-14,19-20H,1,5-10,15-18H2,2-3H3/t19-,20-. The van der Waals surface area contributed by atoms with Gasteiger partial charge in [0.05, 0.1) is 5.56 Å². The highest BCUT2D eigenvalue weighted by atomic mass is 19.4. The highest BCUT2D eigenvalue weighted by molar-refractivity contribution is 5.70. The smallest absolute Gasteiger partial charge is 0.410 e. The van der Waals surface area contributed by atoms with Gasteiger partial charge in [0.25, 0.3) is 0 Å². The molecule has 1 fully saturated rings. The van der Waals surface area contributed by atoms with Gasteiger partial charge in [0.1, 0.15) is 5.75 Å². The highest BCUT2D eigenvalue weighted by Gasteiger charge is 2.30. The van der Waals surface area contributed by atoms with Gasteiger partial charge in [-0.15, -0.1) is 6.58 Å². The van der Waals surface area contributed by atoms with Crippen LogP contribution in [0.3, 0.4) is 0 Å². The van der Waals surface area contributed by atoms with E-state index in [0.29, 0.717) is 12.5 Å². The van der Waals surface area contributed by atoms with E-state index in [1.165, 1.54) is 55.6 Å². The summed E-state index contributed by atoms with van der Waals surface area (Å²) >= 11 is 0. The summed E-state index contributed by atoms with van der Waals surface area (Å²) in [6.45, 7) is 6.39. The van der Waals surface area contributed by atoms with Gasteiger partial charge in [-0.25, -0.2) is 4.79 Å². The van der Waals surface area contributed by atoms with Crippen LogP contribution in [0, 0.1) is 11.8 Å². The number of rotatable bonds is 10. The van der Waals surface area contributed by atoms with E-state index in [9.17, 15) is 18.0 Å². The number of nitrogens with zero attached hydrogens (tertiary/aromatic N) is 2. The number of carbonyl (C=O) groups excluding carboxylic acids is 1. The second-order valence-corrected chi connectivity index (χ2v) is 8.68. The van der Waals surface area contributed by atoms with Crippen LogP contribution in [0.5, 0.6) is 5.75 Å². The molecule has 0 spiro atoms. The second kappa shape index (κ2) is 12.1. The molecule has 1 aliphatic carbocycles. The molecule has 0 aliphatic heterocycles. The van der Waals surface area contributed by atoms with Gasteiger partial charge >= 0.3 is 12.3 Å². The molecule has 0 aromatic heterocycles. The molecule has 31 heavy (non-hydrogen) atoms.